The van der Waals surface area contributed by atoms with Gasteiger partial charge >= 0.3 is 5.97 Å². The lowest BCUT2D eigenvalue weighted by atomic mass is 10.0. The first-order valence-electron chi connectivity index (χ1n) is 6.02. The van der Waals surface area contributed by atoms with Crippen LogP contribution in [0.15, 0.2) is 18.3 Å². The first-order chi connectivity index (χ1) is 8.70. The van der Waals surface area contributed by atoms with Crippen LogP contribution in [0.1, 0.15) is 25.0 Å². The third kappa shape index (κ3) is 2.77. The van der Waals surface area contributed by atoms with Gasteiger partial charge in [-0.15, -0.1) is 0 Å². The van der Waals surface area contributed by atoms with E-state index in [9.17, 15) is 4.79 Å². The minimum Gasteiger partial charge on any atom is -0.481 e. The summed E-state index contributed by atoms with van der Waals surface area (Å²) >= 11 is 0. The van der Waals surface area contributed by atoms with Gasteiger partial charge in [-0.2, -0.15) is 5.26 Å². The number of carbonyl (C=O) groups is 1. The zero-order valence-corrected chi connectivity index (χ0v) is 10.0. The normalized spacial score (nSPS) is 18.6. The lowest BCUT2D eigenvalue weighted by molar-refractivity contribution is -0.137. The molecule has 18 heavy (non-hydrogen) atoms. The van der Waals surface area contributed by atoms with Gasteiger partial charge < -0.3 is 10.0 Å². The molecule has 0 aromatic carbocycles. The van der Waals surface area contributed by atoms with Crippen molar-refractivity contribution < 1.29 is 9.90 Å². The Labute approximate surface area is 106 Å². The number of aromatic nitrogens is 1. The molecule has 5 nitrogen and oxygen atoms in total. The average Bonchev–Trinajstić information content (AvgIpc) is 2.85. The molecule has 0 bridgehead atoms. The summed E-state index contributed by atoms with van der Waals surface area (Å²) in [5, 5.41) is 17.7. The highest BCUT2D eigenvalue weighted by Crippen LogP contribution is 2.27. The molecule has 2 heterocycles. The van der Waals surface area contributed by atoms with Crippen molar-refractivity contribution in [2.75, 3.05) is 18.0 Å². The SMILES string of the molecule is N#Cc1ncccc1N1CCC(CCC(=O)O)C1. The van der Waals surface area contributed by atoms with Crippen molar-refractivity contribution in [3.63, 3.8) is 0 Å². The molecule has 1 saturated heterocycles. The molecule has 0 aliphatic carbocycles. The Kier molecular flexibility index (Phi) is 3.78. The molecule has 5 heteroatoms. The van der Waals surface area contributed by atoms with E-state index in [0.29, 0.717) is 18.0 Å². The van der Waals surface area contributed by atoms with Crippen LogP contribution in [0, 0.1) is 17.2 Å². The predicted octanol–water partition coefficient (Wildman–Crippen LogP) is 1.64. The van der Waals surface area contributed by atoms with E-state index >= 15 is 0 Å². The van der Waals surface area contributed by atoms with Crippen molar-refractivity contribution in [2.45, 2.75) is 19.3 Å². The first-order valence-corrected chi connectivity index (χ1v) is 6.02. The molecule has 0 saturated carbocycles. The topological polar surface area (TPSA) is 77.2 Å². The molecule has 1 N–H and O–H groups in total. The van der Waals surface area contributed by atoms with Gasteiger partial charge in [0.1, 0.15) is 6.07 Å². The number of pyridine rings is 1. The largest absolute Gasteiger partial charge is 0.481 e. The highest BCUT2D eigenvalue weighted by molar-refractivity contribution is 5.66. The molecule has 1 aromatic rings. The maximum absolute atomic E-state index is 10.5. The Balaban J connectivity index is 2.00. The van der Waals surface area contributed by atoms with Crippen molar-refractivity contribution in [1.29, 1.82) is 5.26 Å². The molecule has 2 rings (SSSR count). The Morgan fingerprint density at radius 1 is 1.67 bits per heavy atom. The number of rotatable bonds is 4. The van der Waals surface area contributed by atoms with Gasteiger partial charge in [-0.25, -0.2) is 4.98 Å². The average molecular weight is 245 g/mol. The summed E-state index contributed by atoms with van der Waals surface area (Å²) in [7, 11) is 0. The van der Waals surface area contributed by atoms with Crippen molar-refractivity contribution in [3.05, 3.63) is 24.0 Å². The van der Waals surface area contributed by atoms with E-state index in [1.54, 1.807) is 6.20 Å². The van der Waals surface area contributed by atoms with Crippen LogP contribution < -0.4 is 4.90 Å². The molecule has 0 radical (unpaired) electrons. The lowest BCUT2D eigenvalue weighted by Gasteiger charge is -2.19. The van der Waals surface area contributed by atoms with Crippen LogP contribution >= 0.6 is 0 Å². The fourth-order valence-electron chi connectivity index (χ4n) is 2.35. The second-order valence-corrected chi connectivity index (χ2v) is 4.52. The monoisotopic (exact) mass is 245 g/mol. The smallest absolute Gasteiger partial charge is 0.303 e. The number of hydrogen-bond donors (Lipinski definition) is 1. The number of anilines is 1. The third-order valence-electron chi connectivity index (χ3n) is 3.29. The standard InChI is InChI=1S/C13H15N3O2/c14-8-11-12(2-1-6-15-11)16-7-5-10(9-16)3-4-13(17)18/h1-2,6,10H,3-5,7,9H2,(H,17,18). The van der Waals surface area contributed by atoms with Gasteiger partial charge in [0.25, 0.3) is 0 Å². The Morgan fingerprint density at radius 2 is 2.50 bits per heavy atom. The van der Waals surface area contributed by atoms with Crippen molar-refractivity contribution in [3.8, 4) is 6.07 Å². The van der Waals surface area contributed by atoms with Crippen LogP contribution in [-0.4, -0.2) is 29.1 Å². The highest BCUT2D eigenvalue weighted by atomic mass is 16.4. The first kappa shape index (κ1) is 12.4. The molecule has 1 fully saturated rings. The van der Waals surface area contributed by atoms with Crippen LogP contribution in [0.25, 0.3) is 0 Å². The molecule has 94 valence electrons. The zero-order chi connectivity index (χ0) is 13.0. The van der Waals surface area contributed by atoms with Crippen LogP contribution in [0.2, 0.25) is 0 Å². The summed E-state index contributed by atoms with van der Waals surface area (Å²) in [5.74, 6) is -0.347. The van der Waals surface area contributed by atoms with E-state index in [0.717, 1.165) is 25.2 Å². The second kappa shape index (κ2) is 5.50. The minimum atomic E-state index is -0.743. The number of nitrogens with zero attached hydrogens (tertiary/aromatic N) is 3. The molecule has 1 aliphatic rings. The zero-order valence-electron chi connectivity index (χ0n) is 10.0. The van der Waals surface area contributed by atoms with E-state index in [1.807, 2.05) is 12.1 Å². The van der Waals surface area contributed by atoms with E-state index in [4.69, 9.17) is 10.4 Å². The minimum absolute atomic E-state index is 0.219. The third-order valence-corrected chi connectivity index (χ3v) is 3.29. The van der Waals surface area contributed by atoms with Gasteiger partial charge in [0.15, 0.2) is 5.69 Å². The lowest BCUT2D eigenvalue weighted by Crippen LogP contribution is -2.21. The van der Waals surface area contributed by atoms with Gasteiger partial charge in [0.05, 0.1) is 5.69 Å². The Hall–Kier alpha value is -2.09. The predicted molar refractivity (Wildman–Crippen MR) is 66.1 cm³/mol. The van der Waals surface area contributed by atoms with Gasteiger partial charge in [-0.3, -0.25) is 4.79 Å². The molecule has 0 amide bonds. The summed E-state index contributed by atoms with van der Waals surface area (Å²) in [4.78, 5) is 16.7. The van der Waals surface area contributed by atoms with E-state index in [2.05, 4.69) is 16.0 Å². The molecule has 1 aromatic heterocycles. The Morgan fingerprint density at radius 3 is 3.22 bits per heavy atom. The van der Waals surface area contributed by atoms with Gasteiger partial charge in [-0.1, -0.05) is 0 Å². The van der Waals surface area contributed by atoms with Crippen LogP contribution in [-0.2, 0) is 4.79 Å². The van der Waals surface area contributed by atoms with Gasteiger partial charge in [0, 0.05) is 25.7 Å². The Bertz CT molecular complexity index is 481. The van der Waals surface area contributed by atoms with E-state index in [-0.39, 0.29) is 6.42 Å². The summed E-state index contributed by atoms with van der Waals surface area (Å²) in [6, 6.07) is 5.80. The molecule has 0 spiro atoms. The molecular formula is C13H15N3O2. The summed E-state index contributed by atoms with van der Waals surface area (Å²) in [5.41, 5.74) is 1.30. The maximum atomic E-state index is 10.5. The van der Waals surface area contributed by atoms with Crippen LogP contribution in [0.5, 0.6) is 0 Å². The summed E-state index contributed by atoms with van der Waals surface area (Å²) < 4.78 is 0. The number of hydrogen-bond acceptors (Lipinski definition) is 4. The van der Waals surface area contributed by atoms with Crippen molar-refractivity contribution >= 4 is 11.7 Å². The molecule has 1 aliphatic heterocycles. The molecule has 1 atom stereocenters. The fraction of sp³-hybridized carbons (Fsp3) is 0.462. The van der Waals surface area contributed by atoms with Gasteiger partial charge in [0.2, 0.25) is 0 Å². The number of aliphatic carboxylic acids is 1. The summed E-state index contributed by atoms with van der Waals surface area (Å²) in [6.45, 7) is 1.68. The van der Waals surface area contributed by atoms with Gasteiger partial charge in [-0.05, 0) is 30.9 Å². The quantitative estimate of drug-likeness (QED) is 0.872. The van der Waals surface area contributed by atoms with Crippen LogP contribution in [0.4, 0.5) is 5.69 Å². The number of carboxylic acids is 1. The fourth-order valence-corrected chi connectivity index (χ4v) is 2.35. The van der Waals surface area contributed by atoms with Crippen molar-refractivity contribution in [1.82, 2.24) is 4.98 Å². The highest BCUT2D eigenvalue weighted by Gasteiger charge is 2.24. The van der Waals surface area contributed by atoms with E-state index in [1.165, 1.54) is 0 Å². The molecule has 1 unspecified atom stereocenters. The maximum Gasteiger partial charge on any atom is 0.303 e. The summed E-state index contributed by atoms with van der Waals surface area (Å²) in [6.07, 6.45) is 3.51. The second-order valence-electron chi connectivity index (χ2n) is 4.52. The van der Waals surface area contributed by atoms with Crippen molar-refractivity contribution in [2.24, 2.45) is 5.92 Å². The van der Waals surface area contributed by atoms with Crippen LogP contribution in [0.3, 0.4) is 0 Å². The molecular weight excluding hydrogens is 230 g/mol. The number of carboxylic acid groups (broad SMARTS) is 1. The van der Waals surface area contributed by atoms with E-state index < -0.39 is 5.97 Å². The number of nitriles is 1.